The van der Waals surface area contributed by atoms with Crippen molar-refractivity contribution in [1.82, 2.24) is 14.5 Å². The number of H-pyrrole nitrogens is 1. The average molecular weight is 275 g/mol. The second-order valence-corrected chi connectivity index (χ2v) is 6.04. The van der Waals surface area contributed by atoms with Gasteiger partial charge in [-0.15, -0.1) is 0 Å². The molecule has 1 heterocycles. The summed E-state index contributed by atoms with van der Waals surface area (Å²) in [5.74, 6) is -1.37. The molecule has 0 aliphatic rings. The SMILES string of the molecule is CCC(C)N(C)S(=O)(=O)c1c(C(=O)O)n[nH]c1C. The Morgan fingerprint density at radius 1 is 1.56 bits per heavy atom. The molecule has 1 rings (SSSR count). The van der Waals surface area contributed by atoms with E-state index in [1.54, 1.807) is 6.92 Å². The second kappa shape index (κ2) is 5.07. The monoisotopic (exact) mass is 275 g/mol. The van der Waals surface area contributed by atoms with Gasteiger partial charge in [0.05, 0.1) is 5.69 Å². The highest BCUT2D eigenvalue weighted by Crippen LogP contribution is 2.23. The summed E-state index contributed by atoms with van der Waals surface area (Å²) < 4.78 is 25.8. The van der Waals surface area contributed by atoms with Gasteiger partial charge in [0.15, 0.2) is 5.69 Å². The van der Waals surface area contributed by atoms with Gasteiger partial charge in [0.2, 0.25) is 10.0 Å². The maximum Gasteiger partial charge on any atom is 0.357 e. The Labute approximate surface area is 106 Å². The summed E-state index contributed by atoms with van der Waals surface area (Å²) in [6, 6.07) is -0.217. The van der Waals surface area contributed by atoms with Gasteiger partial charge in [0.25, 0.3) is 0 Å². The van der Waals surface area contributed by atoms with E-state index >= 15 is 0 Å². The number of rotatable bonds is 5. The highest BCUT2D eigenvalue weighted by molar-refractivity contribution is 7.89. The number of carboxylic acids is 1. The van der Waals surface area contributed by atoms with Crippen LogP contribution in [0.15, 0.2) is 4.90 Å². The fourth-order valence-electron chi connectivity index (χ4n) is 1.52. The topological polar surface area (TPSA) is 103 Å². The predicted octanol–water partition coefficient (Wildman–Crippen LogP) is 0.835. The van der Waals surface area contributed by atoms with Crippen molar-refractivity contribution in [3.05, 3.63) is 11.4 Å². The number of sulfonamides is 1. The zero-order chi connectivity index (χ0) is 14.1. The van der Waals surface area contributed by atoms with Gasteiger partial charge >= 0.3 is 5.97 Å². The van der Waals surface area contributed by atoms with Crippen LogP contribution >= 0.6 is 0 Å². The van der Waals surface area contributed by atoms with Gasteiger partial charge < -0.3 is 5.11 Å². The normalized spacial score (nSPS) is 13.8. The Kier molecular flexibility index (Phi) is 4.12. The van der Waals surface area contributed by atoms with Crippen LogP contribution in [0.3, 0.4) is 0 Å². The van der Waals surface area contributed by atoms with Gasteiger partial charge in [-0.2, -0.15) is 9.40 Å². The molecule has 0 saturated heterocycles. The molecule has 1 unspecified atom stereocenters. The van der Waals surface area contributed by atoms with Gasteiger partial charge in [-0.1, -0.05) is 6.92 Å². The van der Waals surface area contributed by atoms with E-state index < -0.39 is 21.7 Å². The lowest BCUT2D eigenvalue weighted by Gasteiger charge is -2.23. The predicted molar refractivity (Wildman–Crippen MR) is 65.0 cm³/mol. The lowest BCUT2D eigenvalue weighted by atomic mass is 10.3. The molecular weight excluding hydrogens is 258 g/mol. The first-order chi connectivity index (χ1) is 8.23. The van der Waals surface area contributed by atoms with E-state index in [0.29, 0.717) is 6.42 Å². The van der Waals surface area contributed by atoms with E-state index in [0.717, 1.165) is 4.31 Å². The molecule has 2 N–H and O–H groups in total. The molecule has 0 spiro atoms. The van der Waals surface area contributed by atoms with Gasteiger partial charge in [0.1, 0.15) is 4.90 Å². The van der Waals surface area contributed by atoms with Crippen molar-refractivity contribution in [3.8, 4) is 0 Å². The van der Waals surface area contributed by atoms with Crippen LogP contribution in [0.4, 0.5) is 0 Å². The molecule has 0 aliphatic heterocycles. The molecule has 102 valence electrons. The van der Waals surface area contributed by atoms with E-state index in [4.69, 9.17) is 5.11 Å². The summed E-state index contributed by atoms with van der Waals surface area (Å²) in [5.41, 5.74) is -0.245. The Morgan fingerprint density at radius 3 is 2.56 bits per heavy atom. The van der Waals surface area contributed by atoms with E-state index in [1.807, 2.05) is 6.92 Å². The number of hydrogen-bond acceptors (Lipinski definition) is 4. The quantitative estimate of drug-likeness (QED) is 0.828. The van der Waals surface area contributed by atoms with E-state index in [1.165, 1.54) is 14.0 Å². The molecule has 0 fully saturated rings. The van der Waals surface area contributed by atoms with Crippen LogP contribution in [0.5, 0.6) is 0 Å². The molecule has 1 aromatic rings. The number of aromatic carboxylic acids is 1. The summed E-state index contributed by atoms with van der Waals surface area (Å²) in [5, 5.41) is 14.9. The highest BCUT2D eigenvalue weighted by Gasteiger charge is 2.33. The van der Waals surface area contributed by atoms with Crippen molar-refractivity contribution in [1.29, 1.82) is 0 Å². The first-order valence-corrected chi connectivity index (χ1v) is 6.93. The number of aryl methyl sites for hydroxylation is 1. The molecular formula is C10H17N3O4S. The molecule has 0 radical (unpaired) electrons. The maximum atomic E-state index is 12.3. The molecule has 7 nitrogen and oxygen atoms in total. The first-order valence-electron chi connectivity index (χ1n) is 5.49. The molecule has 0 bridgehead atoms. The van der Waals surface area contributed by atoms with Crippen LogP contribution in [0.25, 0.3) is 0 Å². The Hall–Kier alpha value is -1.41. The van der Waals surface area contributed by atoms with Crippen molar-refractivity contribution in [2.24, 2.45) is 0 Å². The van der Waals surface area contributed by atoms with Crippen LogP contribution in [-0.2, 0) is 10.0 Å². The van der Waals surface area contributed by atoms with Crippen LogP contribution in [-0.4, -0.2) is 47.1 Å². The van der Waals surface area contributed by atoms with Crippen molar-refractivity contribution in [3.63, 3.8) is 0 Å². The Morgan fingerprint density at radius 2 is 2.11 bits per heavy atom. The van der Waals surface area contributed by atoms with Gasteiger partial charge in [-0.05, 0) is 20.3 Å². The van der Waals surface area contributed by atoms with E-state index in [9.17, 15) is 13.2 Å². The maximum absolute atomic E-state index is 12.3. The number of aromatic nitrogens is 2. The minimum Gasteiger partial charge on any atom is -0.476 e. The molecule has 1 aromatic heterocycles. The van der Waals surface area contributed by atoms with Crippen molar-refractivity contribution in [2.45, 2.75) is 38.1 Å². The molecule has 0 aromatic carbocycles. The minimum atomic E-state index is -3.85. The zero-order valence-electron chi connectivity index (χ0n) is 10.8. The van der Waals surface area contributed by atoms with Crippen LogP contribution in [0, 0.1) is 6.92 Å². The number of nitrogens with zero attached hydrogens (tertiary/aromatic N) is 2. The lowest BCUT2D eigenvalue weighted by molar-refractivity contribution is 0.0686. The number of aromatic amines is 1. The fraction of sp³-hybridized carbons (Fsp3) is 0.600. The third-order valence-electron chi connectivity index (χ3n) is 2.94. The number of carbonyl (C=O) groups is 1. The number of nitrogens with one attached hydrogen (secondary N) is 1. The van der Waals surface area contributed by atoms with Gasteiger partial charge in [0, 0.05) is 13.1 Å². The second-order valence-electron chi connectivity index (χ2n) is 4.11. The zero-order valence-corrected chi connectivity index (χ0v) is 11.6. The summed E-state index contributed by atoms with van der Waals surface area (Å²) >= 11 is 0. The first kappa shape index (κ1) is 14.7. The molecule has 18 heavy (non-hydrogen) atoms. The van der Waals surface area contributed by atoms with Crippen molar-refractivity contribution >= 4 is 16.0 Å². The summed E-state index contributed by atoms with van der Waals surface area (Å²) in [6.45, 7) is 5.10. The van der Waals surface area contributed by atoms with Gasteiger partial charge in [-0.3, -0.25) is 5.10 Å². The van der Waals surface area contributed by atoms with Gasteiger partial charge in [-0.25, -0.2) is 13.2 Å². The van der Waals surface area contributed by atoms with Crippen LogP contribution in [0.1, 0.15) is 36.5 Å². The number of hydrogen-bond donors (Lipinski definition) is 2. The molecule has 1 atom stereocenters. The fourth-order valence-corrected chi connectivity index (χ4v) is 3.24. The Bertz CT molecular complexity index is 549. The molecule has 0 saturated carbocycles. The largest absolute Gasteiger partial charge is 0.476 e. The van der Waals surface area contributed by atoms with E-state index in [-0.39, 0.29) is 16.6 Å². The summed E-state index contributed by atoms with van der Waals surface area (Å²) in [7, 11) is -2.42. The Balaban J connectivity index is 3.37. The lowest BCUT2D eigenvalue weighted by Crippen LogP contribution is -2.35. The van der Waals surface area contributed by atoms with Crippen LogP contribution in [0.2, 0.25) is 0 Å². The molecule has 8 heteroatoms. The standard InChI is InChI=1S/C10H17N3O4S/c1-5-6(2)13(4)18(16,17)9-7(3)11-12-8(9)10(14)15/h6H,5H2,1-4H3,(H,11,12)(H,14,15). The van der Waals surface area contributed by atoms with E-state index in [2.05, 4.69) is 10.2 Å². The minimum absolute atomic E-state index is 0.217. The molecule has 0 aliphatic carbocycles. The number of carboxylic acid groups (broad SMARTS) is 1. The van der Waals surface area contributed by atoms with Crippen molar-refractivity contribution < 1.29 is 18.3 Å². The van der Waals surface area contributed by atoms with Crippen molar-refractivity contribution in [2.75, 3.05) is 7.05 Å². The highest BCUT2D eigenvalue weighted by atomic mass is 32.2. The van der Waals surface area contributed by atoms with Crippen LogP contribution < -0.4 is 0 Å². The third kappa shape index (κ3) is 2.39. The average Bonchev–Trinajstić information content (AvgIpc) is 2.69. The summed E-state index contributed by atoms with van der Waals surface area (Å²) in [4.78, 5) is 10.7. The smallest absolute Gasteiger partial charge is 0.357 e. The third-order valence-corrected chi connectivity index (χ3v) is 5.08. The summed E-state index contributed by atoms with van der Waals surface area (Å²) in [6.07, 6.45) is 0.634. The molecule has 0 amide bonds.